The molecule has 0 saturated carbocycles. The van der Waals surface area contributed by atoms with Gasteiger partial charge in [0.15, 0.2) is 5.84 Å². The van der Waals surface area contributed by atoms with Crippen molar-refractivity contribution in [3.8, 4) is 5.69 Å². The number of hydrogen-bond donors (Lipinski definition) is 2. The Morgan fingerprint density at radius 1 is 1.26 bits per heavy atom. The van der Waals surface area contributed by atoms with Crippen LogP contribution >= 0.6 is 0 Å². The van der Waals surface area contributed by atoms with E-state index >= 15 is 0 Å². The molecule has 0 fully saturated rings. The summed E-state index contributed by atoms with van der Waals surface area (Å²) in [6.45, 7) is 0. The Kier molecular flexibility index (Phi) is 2.60. The zero-order valence-electron chi connectivity index (χ0n) is 9.93. The average Bonchev–Trinajstić information content (AvgIpc) is 2.99. The molecular formula is C13H11N5O. The topological polar surface area (TPSA) is 89.3 Å². The summed E-state index contributed by atoms with van der Waals surface area (Å²) in [5, 5.41) is 17.0. The quantitative estimate of drug-likeness (QED) is 0.313. The number of para-hydroxylation sites is 1. The van der Waals surface area contributed by atoms with Crippen LogP contribution in [0, 0.1) is 0 Å². The smallest absolute Gasteiger partial charge is 0.173 e. The summed E-state index contributed by atoms with van der Waals surface area (Å²) in [6.07, 6.45) is 5.05. The molecule has 6 heteroatoms. The molecule has 0 saturated heterocycles. The minimum absolute atomic E-state index is 0.00348. The number of nitrogens with zero attached hydrogens (tertiary/aromatic N) is 4. The molecule has 6 nitrogen and oxygen atoms in total. The van der Waals surface area contributed by atoms with Crippen molar-refractivity contribution in [3.05, 3.63) is 54.5 Å². The predicted octanol–water partition coefficient (Wildman–Crippen LogP) is 1.51. The lowest BCUT2D eigenvalue weighted by Gasteiger charge is -2.11. The second kappa shape index (κ2) is 4.41. The number of rotatable bonds is 2. The fourth-order valence-corrected chi connectivity index (χ4v) is 2.02. The van der Waals surface area contributed by atoms with Crippen molar-refractivity contribution >= 4 is 16.7 Å². The molecule has 0 aliphatic rings. The maximum Gasteiger partial charge on any atom is 0.173 e. The van der Waals surface area contributed by atoms with E-state index in [9.17, 15) is 0 Å². The molecule has 2 heterocycles. The number of fused-ring (bicyclic) bond motifs is 1. The van der Waals surface area contributed by atoms with Crippen molar-refractivity contribution in [2.45, 2.75) is 0 Å². The van der Waals surface area contributed by atoms with E-state index in [2.05, 4.69) is 15.2 Å². The van der Waals surface area contributed by atoms with E-state index in [-0.39, 0.29) is 5.84 Å². The van der Waals surface area contributed by atoms with Crippen LogP contribution in [0.4, 0.5) is 0 Å². The molecule has 3 rings (SSSR count). The van der Waals surface area contributed by atoms with Crippen molar-refractivity contribution < 1.29 is 5.21 Å². The van der Waals surface area contributed by atoms with Gasteiger partial charge >= 0.3 is 0 Å². The Balaban J connectivity index is 2.42. The van der Waals surface area contributed by atoms with Gasteiger partial charge < -0.3 is 10.9 Å². The summed E-state index contributed by atoms with van der Waals surface area (Å²) in [5.41, 5.74) is 7.81. The van der Waals surface area contributed by atoms with Crippen LogP contribution in [0.5, 0.6) is 0 Å². The summed E-state index contributed by atoms with van der Waals surface area (Å²) in [6, 6.07) is 9.45. The third-order valence-corrected chi connectivity index (χ3v) is 2.86. The van der Waals surface area contributed by atoms with Gasteiger partial charge in [-0.2, -0.15) is 5.10 Å². The average molecular weight is 253 g/mol. The van der Waals surface area contributed by atoms with Gasteiger partial charge in [0, 0.05) is 24.0 Å². The number of oxime groups is 1. The number of amidine groups is 1. The first kappa shape index (κ1) is 11.2. The molecule has 19 heavy (non-hydrogen) atoms. The molecule has 0 unspecified atom stereocenters. The summed E-state index contributed by atoms with van der Waals surface area (Å²) >= 11 is 0. The molecule has 2 aromatic heterocycles. The Morgan fingerprint density at radius 2 is 2.11 bits per heavy atom. The fraction of sp³-hybridized carbons (Fsp3) is 0. The Labute approximate surface area is 108 Å². The molecule has 0 atom stereocenters. The van der Waals surface area contributed by atoms with Gasteiger partial charge in [0.2, 0.25) is 0 Å². The summed E-state index contributed by atoms with van der Waals surface area (Å²) < 4.78 is 1.68. The second-order valence-corrected chi connectivity index (χ2v) is 3.97. The molecular weight excluding hydrogens is 242 g/mol. The van der Waals surface area contributed by atoms with Crippen molar-refractivity contribution in [2.75, 3.05) is 0 Å². The van der Waals surface area contributed by atoms with Gasteiger partial charge in [0.25, 0.3) is 0 Å². The van der Waals surface area contributed by atoms with Gasteiger partial charge in [-0.05, 0) is 12.1 Å². The molecule has 0 aliphatic heterocycles. The molecule has 0 radical (unpaired) electrons. The highest BCUT2D eigenvalue weighted by Crippen LogP contribution is 2.23. The van der Waals surface area contributed by atoms with Crippen molar-refractivity contribution in [2.24, 2.45) is 10.9 Å². The summed E-state index contributed by atoms with van der Waals surface area (Å²) in [4.78, 5) is 4.31. The number of benzene rings is 1. The van der Waals surface area contributed by atoms with Gasteiger partial charge in [-0.15, -0.1) is 0 Å². The van der Waals surface area contributed by atoms with Crippen molar-refractivity contribution in [1.29, 1.82) is 0 Å². The molecule has 0 bridgehead atoms. The normalized spacial score (nSPS) is 11.9. The molecule has 94 valence electrons. The lowest BCUT2D eigenvalue weighted by atomic mass is 10.1. The minimum atomic E-state index is 0.00348. The first-order chi connectivity index (χ1) is 9.31. The third-order valence-electron chi connectivity index (χ3n) is 2.86. The van der Waals surface area contributed by atoms with Gasteiger partial charge in [-0.1, -0.05) is 23.4 Å². The van der Waals surface area contributed by atoms with Crippen LogP contribution in [0.15, 0.2) is 54.1 Å². The van der Waals surface area contributed by atoms with E-state index in [0.29, 0.717) is 5.56 Å². The second-order valence-electron chi connectivity index (χ2n) is 3.97. The van der Waals surface area contributed by atoms with Crippen LogP contribution < -0.4 is 5.73 Å². The number of hydrogen-bond acceptors (Lipinski definition) is 4. The molecule has 3 aromatic rings. The molecule has 0 aliphatic carbocycles. The zero-order chi connectivity index (χ0) is 13.2. The van der Waals surface area contributed by atoms with E-state index in [4.69, 9.17) is 10.9 Å². The molecule has 0 spiro atoms. The Hall–Kier alpha value is -2.89. The van der Waals surface area contributed by atoms with E-state index < -0.39 is 0 Å². The van der Waals surface area contributed by atoms with Crippen LogP contribution in [0.1, 0.15) is 5.56 Å². The van der Waals surface area contributed by atoms with Crippen molar-refractivity contribution in [3.63, 3.8) is 0 Å². The van der Waals surface area contributed by atoms with Gasteiger partial charge in [0.1, 0.15) is 0 Å². The molecule has 1 aromatic carbocycles. The fourth-order valence-electron chi connectivity index (χ4n) is 2.02. The summed E-state index contributed by atoms with van der Waals surface area (Å²) in [5.74, 6) is 0.00348. The van der Waals surface area contributed by atoms with E-state index in [1.807, 2.05) is 30.3 Å². The van der Waals surface area contributed by atoms with E-state index in [1.165, 1.54) is 0 Å². The lowest BCUT2D eigenvalue weighted by Crippen LogP contribution is -2.17. The van der Waals surface area contributed by atoms with Crippen LogP contribution in [-0.2, 0) is 0 Å². The predicted molar refractivity (Wildman–Crippen MR) is 71.4 cm³/mol. The molecule has 0 amide bonds. The highest BCUT2D eigenvalue weighted by atomic mass is 16.4. The standard InChI is InChI=1S/C13H11N5O/c14-13(17-19)10-8-15-11-5-2-1-4-9(11)12(10)18-7-3-6-16-18/h1-8,19H,(H2,14,17). The van der Waals surface area contributed by atoms with Crippen LogP contribution in [0.3, 0.4) is 0 Å². The van der Waals surface area contributed by atoms with E-state index in [1.54, 1.807) is 23.3 Å². The van der Waals surface area contributed by atoms with Crippen LogP contribution in [0.25, 0.3) is 16.6 Å². The van der Waals surface area contributed by atoms with Gasteiger partial charge in [-0.25, -0.2) is 4.68 Å². The lowest BCUT2D eigenvalue weighted by molar-refractivity contribution is 0.318. The first-order valence-corrected chi connectivity index (χ1v) is 5.67. The van der Waals surface area contributed by atoms with E-state index in [0.717, 1.165) is 16.6 Å². The number of pyridine rings is 1. The SMILES string of the molecule is N/C(=N\O)c1cnc2ccccc2c1-n1cccn1. The highest BCUT2D eigenvalue weighted by Gasteiger charge is 2.14. The molecule has 3 N–H and O–H groups in total. The van der Waals surface area contributed by atoms with Crippen molar-refractivity contribution in [1.82, 2.24) is 14.8 Å². The summed E-state index contributed by atoms with van der Waals surface area (Å²) in [7, 11) is 0. The largest absolute Gasteiger partial charge is 0.409 e. The highest BCUT2D eigenvalue weighted by molar-refractivity contribution is 6.05. The first-order valence-electron chi connectivity index (χ1n) is 5.67. The monoisotopic (exact) mass is 253 g/mol. The van der Waals surface area contributed by atoms with Gasteiger partial charge in [0.05, 0.1) is 16.8 Å². The van der Waals surface area contributed by atoms with Gasteiger partial charge in [-0.3, -0.25) is 4.98 Å². The number of nitrogens with two attached hydrogens (primary N) is 1. The van der Waals surface area contributed by atoms with Crippen LogP contribution in [-0.4, -0.2) is 25.8 Å². The Morgan fingerprint density at radius 3 is 2.84 bits per heavy atom. The maximum atomic E-state index is 8.89. The minimum Gasteiger partial charge on any atom is -0.409 e. The zero-order valence-corrected chi connectivity index (χ0v) is 9.93. The van der Waals surface area contributed by atoms with Crippen LogP contribution in [0.2, 0.25) is 0 Å². The maximum absolute atomic E-state index is 8.89. The number of aromatic nitrogens is 3. The Bertz CT molecular complexity index is 749. The third kappa shape index (κ3) is 1.79.